The zero-order valence-corrected chi connectivity index (χ0v) is 12.5. The number of rotatable bonds is 3. The molecule has 98 valence electrons. The van der Waals surface area contributed by atoms with Gasteiger partial charge in [0.25, 0.3) is 0 Å². The quantitative estimate of drug-likeness (QED) is 0.880. The van der Waals surface area contributed by atoms with Crippen molar-refractivity contribution in [2.45, 2.75) is 19.9 Å². The number of aryl methyl sites for hydroxylation is 1. The van der Waals surface area contributed by atoms with E-state index >= 15 is 0 Å². The maximum absolute atomic E-state index is 3.57. The summed E-state index contributed by atoms with van der Waals surface area (Å²) < 4.78 is 1.15. The van der Waals surface area contributed by atoms with Crippen molar-refractivity contribution in [1.82, 2.24) is 0 Å². The highest BCUT2D eigenvalue weighted by atomic mass is 79.9. The topological polar surface area (TPSA) is 24.1 Å². The molecule has 3 rings (SSSR count). The highest BCUT2D eigenvalue weighted by molar-refractivity contribution is 9.10. The predicted octanol–water partition coefficient (Wildman–Crippen LogP) is 4.34. The first-order valence-corrected chi connectivity index (χ1v) is 7.38. The number of benzene rings is 2. The van der Waals surface area contributed by atoms with Crippen LogP contribution in [0.4, 0.5) is 11.4 Å². The summed E-state index contributed by atoms with van der Waals surface area (Å²) in [5, 5.41) is 6.96. The molecule has 0 bridgehead atoms. The summed E-state index contributed by atoms with van der Waals surface area (Å²) in [6.07, 6.45) is 1.14. The lowest BCUT2D eigenvalue weighted by atomic mass is 10.1. The molecule has 0 unspecified atom stereocenters. The standard InChI is InChI=1S/C16H17BrN2/c1-11-5-6-14(9-15(11)17)19-10-13-4-2-3-12-7-8-18-16(12)13/h2-6,9,18-19H,7-8,10H2,1H3. The van der Waals surface area contributed by atoms with Gasteiger partial charge in [0.05, 0.1) is 0 Å². The number of anilines is 2. The van der Waals surface area contributed by atoms with E-state index in [1.54, 1.807) is 0 Å². The fourth-order valence-electron chi connectivity index (χ4n) is 2.46. The molecule has 0 spiro atoms. The van der Waals surface area contributed by atoms with Gasteiger partial charge in [-0.25, -0.2) is 0 Å². The highest BCUT2D eigenvalue weighted by Gasteiger charge is 2.13. The third-order valence-electron chi connectivity index (χ3n) is 3.59. The van der Waals surface area contributed by atoms with Gasteiger partial charge in [0.15, 0.2) is 0 Å². The van der Waals surface area contributed by atoms with Crippen LogP contribution in [0.5, 0.6) is 0 Å². The smallest absolute Gasteiger partial charge is 0.0424 e. The second kappa shape index (κ2) is 5.25. The molecule has 0 radical (unpaired) electrons. The van der Waals surface area contributed by atoms with Crippen molar-refractivity contribution < 1.29 is 0 Å². The first-order chi connectivity index (χ1) is 9.24. The molecule has 0 amide bonds. The third-order valence-corrected chi connectivity index (χ3v) is 4.44. The van der Waals surface area contributed by atoms with Crippen LogP contribution in [0.3, 0.4) is 0 Å². The predicted molar refractivity (Wildman–Crippen MR) is 84.8 cm³/mol. The van der Waals surface area contributed by atoms with Crippen molar-refractivity contribution in [2.24, 2.45) is 0 Å². The first kappa shape index (κ1) is 12.5. The summed E-state index contributed by atoms with van der Waals surface area (Å²) in [5.41, 5.74) is 6.50. The van der Waals surface area contributed by atoms with Gasteiger partial charge in [0.1, 0.15) is 0 Å². The molecule has 2 N–H and O–H groups in total. The number of fused-ring (bicyclic) bond motifs is 1. The molecule has 0 fully saturated rings. The van der Waals surface area contributed by atoms with E-state index in [4.69, 9.17) is 0 Å². The molecule has 3 heteroatoms. The Hall–Kier alpha value is -1.48. The highest BCUT2D eigenvalue weighted by Crippen LogP contribution is 2.27. The van der Waals surface area contributed by atoms with Gasteiger partial charge in [-0.05, 0) is 42.2 Å². The van der Waals surface area contributed by atoms with E-state index in [1.165, 1.54) is 22.4 Å². The molecule has 19 heavy (non-hydrogen) atoms. The van der Waals surface area contributed by atoms with Gasteiger partial charge in [-0.3, -0.25) is 0 Å². The molecule has 0 saturated carbocycles. The Kier molecular flexibility index (Phi) is 3.47. The van der Waals surface area contributed by atoms with Crippen molar-refractivity contribution in [3.05, 3.63) is 57.6 Å². The molecule has 0 aliphatic carbocycles. The van der Waals surface area contributed by atoms with E-state index in [1.807, 2.05) is 0 Å². The van der Waals surface area contributed by atoms with Crippen LogP contribution in [0.2, 0.25) is 0 Å². The van der Waals surface area contributed by atoms with Gasteiger partial charge < -0.3 is 10.6 Å². The Balaban J connectivity index is 1.76. The maximum Gasteiger partial charge on any atom is 0.0424 e. The molecular weight excluding hydrogens is 300 g/mol. The minimum Gasteiger partial charge on any atom is -0.384 e. The summed E-state index contributed by atoms with van der Waals surface area (Å²) >= 11 is 3.57. The summed E-state index contributed by atoms with van der Waals surface area (Å²) in [6, 6.07) is 12.9. The summed E-state index contributed by atoms with van der Waals surface area (Å²) in [5.74, 6) is 0. The lowest BCUT2D eigenvalue weighted by Crippen LogP contribution is -2.03. The lowest BCUT2D eigenvalue weighted by molar-refractivity contribution is 1.11. The van der Waals surface area contributed by atoms with Gasteiger partial charge in [-0.2, -0.15) is 0 Å². The molecule has 1 aliphatic rings. The molecular formula is C16H17BrN2. The average Bonchev–Trinajstić information content (AvgIpc) is 2.89. The van der Waals surface area contributed by atoms with Gasteiger partial charge in [-0.15, -0.1) is 0 Å². The maximum atomic E-state index is 3.57. The van der Waals surface area contributed by atoms with Crippen LogP contribution in [-0.2, 0) is 13.0 Å². The van der Waals surface area contributed by atoms with Crippen molar-refractivity contribution >= 4 is 27.3 Å². The Labute approximate surface area is 122 Å². The second-order valence-electron chi connectivity index (χ2n) is 4.95. The first-order valence-electron chi connectivity index (χ1n) is 6.59. The van der Waals surface area contributed by atoms with Crippen molar-refractivity contribution in [2.75, 3.05) is 17.2 Å². The van der Waals surface area contributed by atoms with Crippen LogP contribution in [0.25, 0.3) is 0 Å². The molecule has 1 aliphatic heterocycles. The normalized spacial score (nSPS) is 12.9. The molecule has 0 aromatic heterocycles. The zero-order valence-electron chi connectivity index (χ0n) is 11.0. The van der Waals surface area contributed by atoms with Crippen LogP contribution >= 0.6 is 15.9 Å². The van der Waals surface area contributed by atoms with E-state index in [-0.39, 0.29) is 0 Å². The van der Waals surface area contributed by atoms with Crippen molar-refractivity contribution in [3.63, 3.8) is 0 Å². The average molecular weight is 317 g/mol. The number of para-hydroxylation sites is 1. The Morgan fingerprint density at radius 2 is 2.16 bits per heavy atom. The molecule has 2 aromatic rings. The van der Waals surface area contributed by atoms with Crippen LogP contribution < -0.4 is 10.6 Å². The lowest BCUT2D eigenvalue weighted by Gasteiger charge is -2.12. The van der Waals surface area contributed by atoms with Gasteiger partial charge in [0, 0.05) is 28.9 Å². The van der Waals surface area contributed by atoms with Gasteiger partial charge >= 0.3 is 0 Å². The number of hydrogen-bond donors (Lipinski definition) is 2. The Morgan fingerprint density at radius 1 is 1.26 bits per heavy atom. The number of halogens is 1. The number of hydrogen-bond acceptors (Lipinski definition) is 2. The minimum atomic E-state index is 0.853. The Morgan fingerprint density at radius 3 is 3.00 bits per heavy atom. The van der Waals surface area contributed by atoms with Crippen molar-refractivity contribution in [3.8, 4) is 0 Å². The molecule has 0 atom stereocenters. The largest absolute Gasteiger partial charge is 0.384 e. The van der Waals surface area contributed by atoms with Crippen LogP contribution in [0, 0.1) is 6.92 Å². The summed E-state index contributed by atoms with van der Waals surface area (Å²) in [7, 11) is 0. The van der Waals surface area contributed by atoms with E-state index in [2.05, 4.69) is 69.9 Å². The Bertz CT molecular complexity index is 608. The summed E-state index contributed by atoms with van der Waals surface area (Å²) in [4.78, 5) is 0. The second-order valence-corrected chi connectivity index (χ2v) is 5.80. The van der Waals surface area contributed by atoms with Crippen LogP contribution in [0.15, 0.2) is 40.9 Å². The van der Waals surface area contributed by atoms with Crippen LogP contribution in [0.1, 0.15) is 16.7 Å². The summed E-state index contributed by atoms with van der Waals surface area (Å²) in [6.45, 7) is 4.01. The monoisotopic (exact) mass is 316 g/mol. The van der Waals surface area contributed by atoms with E-state index in [0.29, 0.717) is 0 Å². The fourth-order valence-corrected chi connectivity index (χ4v) is 2.84. The number of nitrogens with one attached hydrogen (secondary N) is 2. The minimum absolute atomic E-state index is 0.853. The third kappa shape index (κ3) is 2.61. The van der Waals surface area contributed by atoms with Gasteiger partial charge in [-0.1, -0.05) is 40.2 Å². The molecule has 2 aromatic carbocycles. The fraction of sp³-hybridized carbons (Fsp3) is 0.250. The van der Waals surface area contributed by atoms with Crippen molar-refractivity contribution in [1.29, 1.82) is 0 Å². The zero-order chi connectivity index (χ0) is 13.2. The molecule has 0 saturated heterocycles. The van der Waals surface area contributed by atoms with E-state index < -0.39 is 0 Å². The molecule has 1 heterocycles. The molecule has 2 nitrogen and oxygen atoms in total. The van der Waals surface area contributed by atoms with E-state index in [0.717, 1.165) is 29.7 Å². The van der Waals surface area contributed by atoms with Gasteiger partial charge in [0.2, 0.25) is 0 Å². The van der Waals surface area contributed by atoms with E-state index in [9.17, 15) is 0 Å². The van der Waals surface area contributed by atoms with Crippen LogP contribution in [-0.4, -0.2) is 6.54 Å². The SMILES string of the molecule is Cc1ccc(NCc2cccc3c2NCC3)cc1Br.